The molecule has 0 atom stereocenters. The van der Waals surface area contributed by atoms with Crippen LogP contribution in [-0.4, -0.2) is 21.6 Å². The molecule has 1 aromatic carbocycles. The summed E-state index contributed by atoms with van der Waals surface area (Å²) in [6, 6.07) is 14.3. The molecular weight excluding hydrogens is 414 g/mol. The highest BCUT2D eigenvalue weighted by Gasteiger charge is 2.36. The number of furan rings is 2. The van der Waals surface area contributed by atoms with Crippen molar-refractivity contribution >= 4 is 23.6 Å². The van der Waals surface area contributed by atoms with Crippen molar-refractivity contribution in [3.05, 3.63) is 93.1 Å². The van der Waals surface area contributed by atoms with Gasteiger partial charge < -0.3 is 8.83 Å². The monoisotopic (exact) mass is 429 g/mol. The Kier molecular flexibility index (Phi) is 5.27. The topological polar surface area (TPSA) is 131 Å². The molecule has 0 bridgehead atoms. The second kappa shape index (κ2) is 8.20. The lowest BCUT2D eigenvalue weighted by atomic mass is 9.94. The first-order valence-electron chi connectivity index (χ1n) is 9.45. The van der Waals surface area contributed by atoms with E-state index in [4.69, 9.17) is 8.83 Å². The lowest BCUT2D eigenvalue weighted by Gasteiger charge is -2.26. The van der Waals surface area contributed by atoms with Crippen LogP contribution in [0.15, 0.2) is 80.3 Å². The molecule has 1 aliphatic rings. The van der Waals surface area contributed by atoms with E-state index in [9.17, 15) is 25.0 Å². The predicted molar refractivity (Wildman–Crippen MR) is 111 cm³/mol. The van der Waals surface area contributed by atoms with Crippen LogP contribution in [0.3, 0.4) is 0 Å². The Morgan fingerprint density at radius 3 is 2.50 bits per heavy atom. The van der Waals surface area contributed by atoms with Gasteiger partial charge in [-0.15, -0.1) is 0 Å². The van der Waals surface area contributed by atoms with Gasteiger partial charge in [-0.3, -0.25) is 24.6 Å². The van der Waals surface area contributed by atoms with Gasteiger partial charge in [0.25, 0.3) is 17.5 Å². The van der Waals surface area contributed by atoms with E-state index in [1.807, 2.05) is 6.07 Å². The van der Waals surface area contributed by atoms with Crippen LogP contribution in [0.4, 0.5) is 5.69 Å². The van der Waals surface area contributed by atoms with Crippen LogP contribution in [0.2, 0.25) is 0 Å². The van der Waals surface area contributed by atoms with Gasteiger partial charge in [-0.05, 0) is 55.0 Å². The van der Waals surface area contributed by atoms with Gasteiger partial charge >= 0.3 is 0 Å². The van der Waals surface area contributed by atoms with Crippen LogP contribution in [0.25, 0.3) is 17.4 Å². The van der Waals surface area contributed by atoms with Gasteiger partial charge in [0.05, 0.1) is 17.7 Å². The molecule has 0 unspecified atom stereocenters. The molecule has 0 spiro atoms. The van der Waals surface area contributed by atoms with Gasteiger partial charge in [-0.2, -0.15) is 5.26 Å². The van der Waals surface area contributed by atoms with Crippen LogP contribution in [0.1, 0.15) is 18.4 Å². The number of carbonyl (C=O) groups excluding carboxylic acids is 2. The lowest BCUT2D eigenvalue weighted by Crippen LogP contribution is -2.42. The minimum atomic E-state index is -0.686. The maximum atomic E-state index is 13.1. The molecule has 4 rings (SSSR count). The summed E-state index contributed by atoms with van der Waals surface area (Å²) in [7, 11) is 0. The van der Waals surface area contributed by atoms with E-state index in [0.29, 0.717) is 22.8 Å². The Bertz CT molecular complexity index is 1320. The molecule has 0 saturated heterocycles. The maximum Gasteiger partial charge on any atom is 0.272 e. The third-order valence-electron chi connectivity index (χ3n) is 5.00. The van der Waals surface area contributed by atoms with Crippen molar-refractivity contribution < 1.29 is 23.3 Å². The molecule has 0 N–H and O–H groups in total. The average Bonchev–Trinajstić information content (AvgIpc) is 3.47. The zero-order chi connectivity index (χ0) is 22.8. The smallest absolute Gasteiger partial charge is 0.272 e. The number of non-ortho nitro benzene ring substituents is 1. The van der Waals surface area contributed by atoms with Crippen LogP contribution in [0.5, 0.6) is 0 Å². The quantitative estimate of drug-likeness (QED) is 0.256. The fraction of sp³-hybridized carbons (Fsp3) is 0.0870. The molecule has 0 saturated carbocycles. The number of nitrogens with zero attached hydrogens (tertiary/aromatic N) is 3. The second-order valence-corrected chi connectivity index (χ2v) is 6.95. The summed E-state index contributed by atoms with van der Waals surface area (Å²) in [6.07, 6.45) is 2.89. The fourth-order valence-corrected chi connectivity index (χ4v) is 3.31. The number of imide groups is 1. The maximum absolute atomic E-state index is 13.1. The highest BCUT2D eigenvalue weighted by Crippen LogP contribution is 2.30. The molecule has 32 heavy (non-hydrogen) atoms. The molecule has 9 nitrogen and oxygen atoms in total. The molecule has 3 aromatic rings. The van der Waals surface area contributed by atoms with Gasteiger partial charge in [0.2, 0.25) is 0 Å². The standard InChI is InChI=1S/C23H15N3O6/c1-14-19(22(27)25(23(28)20(14)12-24)13-18-3-2-10-31-18)11-17-8-9-21(32-17)15-4-6-16(7-5-15)26(29)30/h2-11H,13H2,1H3/b19-11+. The predicted octanol–water partition coefficient (Wildman–Crippen LogP) is 4.24. The molecule has 0 fully saturated rings. The molecule has 9 heteroatoms. The summed E-state index contributed by atoms with van der Waals surface area (Å²) >= 11 is 0. The van der Waals surface area contributed by atoms with Crippen molar-refractivity contribution in [2.75, 3.05) is 0 Å². The molecule has 0 radical (unpaired) electrons. The molecule has 2 amide bonds. The number of rotatable bonds is 5. The van der Waals surface area contributed by atoms with Gasteiger partial charge in [0.15, 0.2) is 0 Å². The van der Waals surface area contributed by atoms with E-state index in [1.54, 1.807) is 36.4 Å². The van der Waals surface area contributed by atoms with Gasteiger partial charge in [-0.25, -0.2) is 0 Å². The van der Waals surface area contributed by atoms with Crippen LogP contribution >= 0.6 is 0 Å². The van der Waals surface area contributed by atoms with Crippen molar-refractivity contribution in [1.82, 2.24) is 4.90 Å². The number of carbonyl (C=O) groups is 2. The summed E-state index contributed by atoms with van der Waals surface area (Å²) in [5.41, 5.74) is 0.852. The van der Waals surface area contributed by atoms with E-state index < -0.39 is 16.7 Å². The highest BCUT2D eigenvalue weighted by molar-refractivity contribution is 6.19. The Balaban J connectivity index is 1.68. The number of amides is 2. The molecule has 158 valence electrons. The Labute approximate surface area is 181 Å². The largest absolute Gasteiger partial charge is 0.467 e. The minimum Gasteiger partial charge on any atom is -0.467 e. The zero-order valence-corrected chi connectivity index (χ0v) is 16.8. The fourth-order valence-electron chi connectivity index (χ4n) is 3.31. The third kappa shape index (κ3) is 3.73. The first-order chi connectivity index (χ1) is 15.4. The number of nitro groups is 1. The third-order valence-corrected chi connectivity index (χ3v) is 5.00. The summed E-state index contributed by atoms with van der Waals surface area (Å²) < 4.78 is 11.0. The van der Waals surface area contributed by atoms with Crippen molar-refractivity contribution in [3.63, 3.8) is 0 Å². The first kappa shape index (κ1) is 20.6. The number of nitro benzene ring substituents is 1. The first-order valence-corrected chi connectivity index (χ1v) is 9.45. The van der Waals surface area contributed by atoms with Crippen molar-refractivity contribution in [2.24, 2.45) is 0 Å². The summed E-state index contributed by atoms with van der Waals surface area (Å²) in [5, 5.41) is 20.3. The number of benzene rings is 1. The van der Waals surface area contributed by atoms with E-state index in [1.165, 1.54) is 31.4 Å². The SMILES string of the molecule is CC1=C(C#N)C(=O)N(Cc2ccco2)C(=O)/C1=C/c1ccc(-c2ccc([N+](=O)[O-])cc2)o1. The molecule has 3 heterocycles. The van der Waals surface area contributed by atoms with Crippen LogP contribution in [0, 0.1) is 21.4 Å². The van der Waals surface area contributed by atoms with Gasteiger partial charge in [0, 0.05) is 23.3 Å². The van der Waals surface area contributed by atoms with Gasteiger partial charge in [0.1, 0.15) is 28.9 Å². The van der Waals surface area contributed by atoms with Crippen LogP contribution in [-0.2, 0) is 16.1 Å². The second-order valence-electron chi connectivity index (χ2n) is 6.95. The normalized spacial score (nSPS) is 15.4. The van der Waals surface area contributed by atoms with Gasteiger partial charge in [-0.1, -0.05) is 0 Å². The Morgan fingerprint density at radius 2 is 1.88 bits per heavy atom. The van der Waals surface area contributed by atoms with E-state index in [0.717, 1.165) is 4.90 Å². The molecule has 0 aliphatic carbocycles. The zero-order valence-electron chi connectivity index (χ0n) is 16.8. The lowest BCUT2D eigenvalue weighted by molar-refractivity contribution is -0.384. The number of hydrogen-bond donors (Lipinski definition) is 0. The van der Waals surface area contributed by atoms with E-state index >= 15 is 0 Å². The number of hydrogen-bond acceptors (Lipinski definition) is 7. The molecule has 2 aromatic heterocycles. The molecule has 1 aliphatic heterocycles. The average molecular weight is 429 g/mol. The Hall–Kier alpha value is -4.71. The van der Waals surface area contributed by atoms with Crippen molar-refractivity contribution in [2.45, 2.75) is 13.5 Å². The summed E-state index contributed by atoms with van der Waals surface area (Å²) in [4.78, 5) is 37.0. The Morgan fingerprint density at radius 1 is 1.12 bits per heavy atom. The van der Waals surface area contributed by atoms with Crippen molar-refractivity contribution in [3.8, 4) is 17.4 Å². The van der Waals surface area contributed by atoms with E-state index in [2.05, 4.69) is 0 Å². The number of nitriles is 1. The van der Waals surface area contributed by atoms with Crippen molar-refractivity contribution in [1.29, 1.82) is 5.26 Å². The highest BCUT2D eigenvalue weighted by atomic mass is 16.6. The minimum absolute atomic E-state index is 0.0402. The summed E-state index contributed by atoms with van der Waals surface area (Å²) in [5.74, 6) is -0.0848. The molecular formula is C23H15N3O6. The summed E-state index contributed by atoms with van der Waals surface area (Å²) in [6.45, 7) is 1.43. The van der Waals surface area contributed by atoms with Crippen LogP contribution < -0.4 is 0 Å². The van der Waals surface area contributed by atoms with E-state index in [-0.39, 0.29) is 29.0 Å².